The molecule has 134 valence electrons. The zero-order valence-electron chi connectivity index (χ0n) is 15.1. The Morgan fingerprint density at radius 2 is 2.19 bits per heavy atom. The van der Waals surface area contributed by atoms with E-state index in [2.05, 4.69) is 33.8 Å². The molecular weight excluding hydrogens is 328 g/mol. The van der Waals surface area contributed by atoms with Gasteiger partial charge in [0.15, 0.2) is 5.82 Å². The van der Waals surface area contributed by atoms with Crippen LogP contribution in [0, 0.1) is 6.92 Å². The van der Waals surface area contributed by atoms with Gasteiger partial charge in [-0.15, -0.1) is 0 Å². The second kappa shape index (κ2) is 6.84. The molecule has 0 aliphatic carbocycles. The zero-order chi connectivity index (χ0) is 18.1. The quantitative estimate of drug-likeness (QED) is 0.777. The molecule has 7 nitrogen and oxygen atoms in total. The molecule has 26 heavy (non-hydrogen) atoms. The summed E-state index contributed by atoms with van der Waals surface area (Å²) in [7, 11) is 0. The van der Waals surface area contributed by atoms with Crippen LogP contribution < -0.4 is 5.56 Å². The van der Waals surface area contributed by atoms with Gasteiger partial charge in [0, 0.05) is 49.2 Å². The Morgan fingerprint density at radius 3 is 2.92 bits per heavy atom. The Kier molecular flexibility index (Phi) is 4.38. The summed E-state index contributed by atoms with van der Waals surface area (Å²) in [5.41, 5.74) is 4.70. The molecule has 0 radical (unpaired) electrons. The van der Waals surface area contributed by atoms with Crippen molar-refractivity contribution in [1.29, 1.82) is 0 Å². The summed E-state index contributed by atoms with van der Waals surface area (Å²) < 4.78 is 2.01. The minimum Gasteiger partial charge on any atom is -0.305 e. The third-order valence-corrected chi connectivity index (χ3v) is 4.96. The summed E-state index contributed by atoms with van der Waals surface area (Å²) in [6.07, 6.45) is 4.36. The van der Waals surface area contributed by atoms with Crippen LogP contribution in [-0.4, -0.2) is 36.2 Å². The van der Waals surface area contributed by atoms with Gasteiger partial charge < -0.3 is 4.98 Å². The van der Waals surface area contributed by atoms with Crippen LogP contribution in [0.5, 0.6) is 0 Å². The van der Waals surface area contributed by atoms with Gasteiger partial charge in [-0.3, -0.25) is 19.4 Å². The van der Waals surface area contributed by atoms with Gasteiger partial charge in [0.25, 0.3) is 5.56 Å². The summed E-state index contributed by atoms with van der Waals surface area (Å²) in [4.78, 5) is 26.7. The number of H-pyrrole nitrogens is 1. The number of aryl methyl sites for hydroxylation is 1. The molecule has 4 heterocycles. The van der Waals surface area contributed by atoms with Crippen molar-refractivity contribution in [2.45, 2.75) is 39.9 Å². The lowest BCUT2D eigenvalue weighted by atomic mass is 10.1. The van der Waals surface area contributed by atoms with E-state index in [0.717, 1.165) is 30.9 Å². The predicted octanol–water partition coefficient (Wildman–Crippen LogP) is 1.92. The van der Waals surface area contributed by atoms with Gasteiger partial charge in [-0.05, 0) is 32.4 Å². The van der Waals surface area contributed by atoms with Gasteiger partial charge in [0.2, 0.25) is 0 Å². The first-order chi connectivity index (χ1) is 12.7. The standard InChI is InChI=1S/C19H22N6O/c1-3-25-13(2)14(10-21-25)11-24-9-7-15-17(12-24)22-18(23-19(15)26)16-6-4-5-8-20-16/h4-6,8,10H,3,7,9,11-12H2,1-2H3,(H,22,23,26). The molecule has 1 aliphatic heterocycles. The average molecular weight is 350 g/mol. The maximum Gasteiger partial charge on any atom is 0.254 e. The molecule has 0 saturated heterocycles. The van der Waals surface area contributed by atoms with E-state index in [1.165, 1.54) is 11.3 Å². The average Bonchev–Trinajstić information content (AvgIpc) is 3.02. The first-order valence-corrected chi connectivity index (χ1v) is 8.92. The molecule has 1 aliphatic rings. The molecule has 0 saturated carbocycles. The van der Waals surface area contributed by atoms with Gasteiger partial charge in [-0.25, -0.2) is 4.98 Å². The van der Waals surface area contributed by atoms with Crippen molar-refractivity contribution in [3.05, 3.63) is 63.5 Å². The minimum atomic E-state index is -0.0507. The second-order valence-corrected chi connectivity index (χ2v) is 6.59. The summed E-state index contributed by atoms with van der Waals surface area (Å²) in [5.74, 6) is 0.534. The lowest BCUT2D eigenvalue weighted by Gasteiger charge is -2.27. The zero-order valence-corrected chi connectivity index (χ0v) is 15.1. The number of fused-ring (bicyclic) bond motifs is 1. The Balaban J connectivity index is 1.60. The largest absolute Gasteiger partial charge is 0.305 e. The molecule has 3 aromatic heterocycles. The maximum atomic E-state index is 12.5. The van der Waals surface area contributed by atoms with Crippen molar-refractivity contribution >= 4 is 0 Å². The van der Waals surface area contributed by atoms with Crippen LogP contribution >= 0.6 is 0 Å². The van der Waals surface area contributed by atoms with E-state index in [9.17, 15) is 4.79 Å². The molecule has 0 unspecified atom stereocenters. The highest BCUT2D eigenvalue weighted by Crippen LogP contribution is 2.20. The SMILES string of the molecule is CCn1ncc(CN2CCc3c(nc(-c4ccccn4)[nH]c3=O)C2)c1C. The second-order valence-electron chi connectivity index (χ2n) is 6.59. The maximum absolute atomic E-state index is 12.5. The molecule has 0 atom stereocenters. The number of rotatable bonds is 4. The number of nitrogens with zero attached hydrogens (tertiary/aromatic N) is 5. The van der Waals surface area contributed by atoms with E-state index in [1.54, 1.807) is 6.20 Å². The normalized spacial score (nSPS) is 14.4. The number of hydrogen-bond acceptors (Lipinski definition) is 5. The van der Waals surface area contributed by atoms with E-state index in [0.29, 0.717) is 24.5 Å². The summed E-state index contributed by atoms with van der Waals surface area (Å²) in [5, 5.41) is 4.42. The molecule has 4 rings (SSSR count). The van der Waals surface area contributed by atoms with Crippen LogP contribution in [0.3, 0.4) is 0 Å². The Hall–Kier alpha value is -2.80. The first-order valence-electron chi connectivity index (χ1n) is 8.92. The fourth-order valence-corrected chi connectivity index (χ4v) is 3.45. The summed E-state index contributed by atoms with van der Waals surface area (Å²) in [6.45, 7) is 7.40. The van der Waals surface area contributed by atoms with E-state index in [4.69, 9.17) is 4.98 Å². The van der Waals surface area contributed by atoms with Gasteiger partial charge in [0.05, 0.1) is 11.9 Å². The van der Waals surface area contributed by atoms with Crippen molar-refractivity contribution in [2.75, 3.05) is 6.54 Å². The van der Waals surface area contributed by atoms with E-state index in [-0.39, 0.29) is 5.56 Å². The topological polar surface area (TPSA) is 79.7 Å². The number of pyridine rings is 1. The highest BCUT2D eigenvalue weighted by molar-refractivity contribution is 5.49. The van der Waals surface area contributed by atoms with Crippen LogP contribution in [0.4, 0.5) is 0 Å². The molecular formula is C19H22N6O. The van der Waals surface area contributed by atoms with Crippen LogP contribution in [0.25, 0.3) is 11.5 Å². The van der Waals surface area contributed by atoms with Crippen LogP contribution in [0.15, 0.2) is 35.4 Å². The molecule has 0 spiro atoms. The van der Waals surface area contributed by atoms with E-state index < -0.39 is 0 Å². The van der Waals surface area contributed by atoms with Gasteiger partial charge in [-0.2, -0.15) is 5.10 Å². The predicted molar refractivity (Wildman–Crippen MR) is 98.5 cm³/mol. The summed E-state index contributed by atoms with van der Waals surface area (Å²) in [6, 6.07) is 5.59. The number of aromatic amines is 1. The fraction of sp³-hybridized carbons (Fsp3) is 0.368. The monoisotopic (exact) mass is 350 g/mol. The summed E-state index contributed by atoms with van der Waals surface area (Å²) >= 11 is 0. The van der Waals surface area contributed by atoms with Crippen LogP contribution in [0.2, 0.25) is 0 Å². The molecule has 7 heteroatoms. The van der Waals surface area contributed by atoms with Gasteiger partial charge >= 0.3 is 0 Å². The number of hydrogen-bond donors (Lipinski definition) is 1. The smallest absolute Gasteiger partial charge is 0.254 e. The third kappa shape index (κ3) is 3.06. The first kappa shape index (κ1) is 16.7. The van der Waals surface area contributed by atoms with Gasteiger partial charge in [0.1, 0.15) is 5.69 Å². The molecule has 0 aromatic carbocycles. The fourth-order valence-electron chi connectivity index (χ4n) is 3.45. The lowest BCUT2D eigenvalue weighted by Crippen LogP contribution is -2.35. The Morgan fingerprint density at radius 1 is 1.31 bits per heavy atom. The highest BCUT2D eigenvalue weighted by Gasteiger charge is 2.22. The van der Waals surface area contributed by atoms with Crippen LogP contribution in [-0.2, 0) is 26.1 Å². The number of nitrogens with one attached hydrogen (secondary N) is 1. The highest BCUT2D eigenvalue weighted by atomic mass is 16.1. The van der Waals surface area contributed by atoms with E-state index in [1.807, 2.05) is 29.1 Å². The Labute approximate surface area is 151 Å². The van der Waals surface area contributed by atoms with Crippen molar-refractivity contribution < 1.29 is 0 Å². The van der Waals surface area contributed by atoms with Crippen molar-refractivity contribution in [3.8, 4) is 11.5 Å². The molecule has 1 N–H and O–H groups in total. The molecule has 0 bridgehead atoms. The molecule has 0 fully saturated rings. The lowest BCUT2D eigenvalue weighted by molar-refractivity contribution is 0.240. The van der Waals surface area contributed by atoms with E-state index >= 15 is 0 Å². The van der Waals surface area contributed by atoms with Gasteiger partial charge in [-0.1, -0.05) is 6.07 Å². The van der Waals surface area contributed by atoms with Crippen molar-refractivity contribution in [3.63, 3.8) is 0 Å². The van der Waals surface area contributed by atoms with Crippen molar-refractivity contribution in [2.24, 2.45) is 0 Å². The third-order valence-electron chi connectivity index (χ3n) is 4.96. The minimum absolute atomic E-state index is 0.0507. The molecule has 0 amide bonds. The number of aromatic nitrogens is 5. The van der Waals surface area contributed by atoms with Crippen LogP contribution in [0.1, 0.15) is 29.4 Å². The molecule has 3 aromatic rings. The van der Waals surface area contributed by atoms with Crippen molar-refractivity contribution in [1.82, 2.24) is 29.6 Å². The Bertz CT molecular complexity index is 975.